The molecular weight excluding hydrogens is 388 g/mol. The van der Waals surface area contributed by atoms with Crippen molar-refractivity contribution in [1.82, 2.24) is 9.55 Å². The van der Waals surface area contributed by atoms with Gasteiger partial charge in [0.25, 0.3) is 5.56 Å². The lowest BCUT2D eigenvalue weighted by molar-refractivity contribution is -0.172. The van der Waals surface area contributed by atoms with Crippen LogP contribution in [0, 0.1) is 0 Å². The molecule has 1 aromatic carbocycles. The van der Waals surface area contributed by atoms with Crippen LogP contribution < -0.4 is 10.3 Å². The molecule has 8 heteroatoms. The van der Waals surface area contributed by atoms with Crippen LogP contribution in [-0.4, -0.2) is 32.8 Å². The highest BCUT2D eigenvalue weighted by Gasteiger charge is 2.45. The van der Waals surface area contributed by atoms with Gasteiger partial charge in [0.05, 0.1) is 42.7 Å². The second kappa shape index (κ2) is 6.38. The predicted octanol–water partition coefficient (Wildman–Crippen LogP) is 1.58. The molecule has 0 spiro atoms. The summed E-state index contributed by atoms with van der Waals surface area (Å²) >= 11 is 0. The summed E-state index contributed by atoms with van der Waals surface area (Å²) in [5.74, 6) is -0.111. The van der Waals surface area contributed by atoms with Crippen LogP contribution in [0.1, 0.15) is 35.6 Å². The number of pyridine rings is 2. The third kappa shape index (κ3) is 2.31. The molecule has 5 rings (SSSR count). The van der Waals surface area contributed by atoms with E-state index in [2.05, 4.69) is 0 Å². The first-order valence-electron chi connectivity index (χ1n) is 9.70. The van der Waals surface area contributed by atoms with E-state index in [0.29, 0.717) is 28.2 Å². The van der Waals surface area contributed by atoms with Crippen LogP contribution in [0.2, 0.25) is 0 Å². The van der Waals surface area contributed by atoms with E-state index in [-0.39, 0.29) is 42.9 Å². The third-order valence-electron chi connectivity index (χ3n) is 6.17. The molecule has 154 valence electrons. The molecule has 0 aliphatic carbocycles. The molecule has 0 fully saturated rings. The fourth-order valence-corrected chi connectivity index (χ4v) is 4.45. The van der Waals surface area contributed by atoms with Gasteiger partial charge in [0.1, 0.15) is 12.4 Å². The molecule has 4 heterocycles. The van der Waals surface area contributed by atoms with E-state index >= 15 is 0 Å². The highest BCUT2D eigenvalue weighted by Crippen LogP contribution is 2.40. The van der Waals surface area contributed by atoms with E-state index in [4.69, 9.17) is 14.5 Å². The van der Waals surface area contributed by atoms with Crippen molar-refractivity contribution in [2.24, 2.45) is 0 Å². The SMILES string of the molecule is CCC1(O)C(=O)OCc2c1cc1n(c2=O)Cc2c-1nc1ccc(OC)cc1c2CO. The topological polar surface area (TPSA) is 111 Å². The van der Waals surface area contributed by atoms with Crippen molar-refractivity contribution in [3.63, 3.8) is 0 Å². The molecule has 2 aliphatic rings. The molecule has 0 bridgehead atoms. The highest BCUT2D eigenvalue weighted by molar-refractivity contribution is 5.89. The van der Waals surface area contributed by atoms with Crippen molar-refractivity contribution in [1.29, 1.82) is 0 Å². The fraction of sp³-hybridized carbons (Fsp3) is 0.318. The van der Waals surface area contributed by atoms with Crippen molar-refractivity contribution < 1.29 is 24.5 Å². The summed E-state index contributed by atoms with van der Waals surface area (Å²) in [4.78, 5) is 30.2. The van der Waals surface area contributed by atoms with Gasteiger partial charge in [-0.1, -0.05) is 6.92 Å². The number of methoxy groups -OCH3 is 1. The number of benzene rings is 1. The van der Waals surface area contributed by atoms with Crippen molar-refractivity contribution in [2.75, 3.05) is 7.11 Å². The number of hydrogen-bond acceptors (Lipinski definition) is 7. The zero-order valence-electron chi connectivity index (χ0n) is 16.6. The number of carbonyl (C=O) groups excluding carboxylic acids is 1. The van der Waals surface area contributed by atoms with Gasteiger partial charge in [-0.15, -0.1) is 0 Å². The average molecular weight is 408 g/mol. The number of fused-ring (bicyclic) bond motifs is 5. The summed E-state index contributed by atoms with van der Waals surface area (Å²) in [5.41, 5.74) is 1.50. The third-order valence-corrected chi connectivity index (χ3v) is 6.17. The minimum Gasteiger partial charge on any atom is -0.497 e. The van der Waals surface area contributed by atoms with Gasteiger partial charge in [-0.3, -0.25) is 4.79 Å². The zero-order valence-corrected chi connectivity index (χ0v) is 16.6. The Morgan fingerprint density at radius 1 is 1.27 bits per heavy atom. The Morgan fingerprint density at radius 3 is 2.77 bits per heavy atom. The van der Waals surface area contributed by atoms with Gasteiger partial charge in [-0.05, 0) is 36.2 Å². The van der Waals surface area contributed by atoms with Gasteiger partial charge in [0, 0.05) is 16.5 Å². The van der Waals surface area contributed by atoms with E-state index in [1.54, 1.807) is 36.8 Å². The van der Waals surface area contributed by atoms with Crippen molar-refractivity contribution in [2.45, 2.75) is 38.7 Å². The molecule has 0 radical (unpaired) electrons. The summed E-state index contributed by atoms with van der Waals surface area (Å²) in [5, 5.41) is 21.8. The van der Waals surface area contributed by atoms with Crippen molar-refractivity contribution in [3.05, 3.63) is 56.9 Å². The van der Waals surface area contributed by atoms with Crippen LogP contribution in [0.4, 0.5) is 0 Å². The average Bonchev–Trinajstić information content (AvgIpc) is 3.13. The molecule has 1 unspecified atom stereocenters. The quantitative estimate of drug-likeness (QED) is 0.495. The largest absolute Gasteiger partial charge is 0.497 e. The lowest BCUT2D eigenvalue weighted by Gasteiger charge is -2.31. The molecule has 1 atom stereocenters. The molecule has 30 heavy (non-hydrogen) atoms. The van der Waals surface area contributed by atoms with E-state index in [1.807, 2.05) is 6.07 Å². The van der Waals surface area contributed by atoms with Gasteiger partial charge in [0.2, 0.25) is 0 Å². The standard InChI is InChI=1S/C22H20N2O6/c1-3-22(28)16-7-18-19-13(8-24(18)20(26)15(16)10-30-21(22)27)14(9-25)12-6-11(29-2)4-5-17(12)23-19/h4-7,25,28H,3,8-10H2,1-2H3. The zero-order chi connectivity index (χ0) is 21.2. The number of rotatable bonds is 3. The number of aromatic nitrogens is 2. The maximum Gasteiger partial charge on any atom is 0.343 e. The van der Waals surface area contributed by atoms with Gasteiger partial charge in [-0.25, -0.2) is 9.78 Å². The normalized spacial score (nSPS) is 19.3. The Bertz CT molecular complexity index is 1300. The van der Waals surface area contributed by atoms with E-state index in [0.717, 1.165) is 10.9 Å². The molecule has 2 aliphatic heterocycles. The van der Waals surface area contributed by atoms with Crippen LogP contribution >= 0.6 is 0 Å². The Labute approximate surface area is 171 Å². The Kier molecular flexibility index (Phi) is 4.00. The molecule has 0 saturated carbocycles. The predicted molar refractivity (Wildman–Crippen MR) is 107 cm³/mol. The van der Waals surface area contributed by atoms with Crippen LogP contribution in [0.15, 0.2) is 29.1 Å². The number of nitrogens with zero attached hydrogens (tertiary/aromatic N) is 2. The number of ether oxygens (including phenoxy) is 2. The van der Waals surface area contributed by atoms with E-state index < -0.39 is 11.6 Å². The number of carbonyl (C=O) groups is 1. The Morgan fingerprint density at radius 2 is 2.07 bits per heavy atom. The van der Waals surface area contributed by atoms with Gasteiger partial charge < -0.3 is 24.3 Å². The Balaban J connectivity index is 1.81. The monoisotopic (exact) mass is 408 g/mol. The molecule has 0 amide bonds. The van der Waals surface area contributed by atoms with E-state index in [9.17, 15) is 19.8 Å². The first-order chi connectivity index (χ1) is 14.4. The molecule has 8 nitrogen and oxygen atoms in total. The molecule has 0 saturated heterocycles. The first kappa shape index (κ1) is 18.8. The molecule has 3 aromatic rings. The minimum absolute atomic E-state index is 0.0847. The van der Waals surface area contributed by atoms with Gasteiger partial charge in [0.15, 0.2) is 5.60 Å². The maximum atomic E-state index is 13.2. The number of aliphatic hydroxyl groups excluding tert-OH is 1. The number of aliphatic hydroxyl groups is 2. The fourth-order valence-electron chi connectivity index (χ4n) is 4.45. The number of cyclic esters (lactones) is 1. The second-order valence-electron chi connectivity index (χ2n) is 7.56. The van der Waals surface area contributed by atoms with Crippen LogP contribution in [0.3, 0.4) is 0 Å². The van der Waals surface area contributed by atoms with Crippen LogP contribution in [0.25, 0.3) is 22.3 Å². The van der Waals surface area contributed by atoms with Crippen molar-refractivity contribution in [3.8, 4) is 17.1 Å². The first-order valence-corrected chi connectivity index (χ1v) is 9.70. The van der Waals surface area contributed by atoms with E-state index in [1.165, 1.54) is 0 Å². The number of hydrogen-bond donors (Lipinski definition) is 2. The van der Waals surface area contributed by atoms with Crippen LogP contribution in [0.5, 0.6) is 5.75 Å². The maximum absolute atomic E-state index is 13.2. The molecule has 2 N–H and O–H groups in total. The lowest BCUT2D eigenvalue weighted by atomic mass is 9.86. The van der Waals surface area contributed by atoms with Gasteiger partial charge >= 0.3 is 5.97 Å². The molecular formula is C22H20N2O6. The summed E-state index contributed by atoms with van der Waals surface area (Å²) in [6, 6.07) is 7.05. The summed E-state index contributed by atoms with van der Waals surface area (Å²) in [6.07, 6.45) is 0.0847. The second-order valence-corrected chi connectivity index (χ2v) is 7.56. The summed E-state index contributed by atoms with van der Waals surface area (Å²) in [6.45, 7) is 1.51. The minimum atomic E-state index is -1.87. The van der Waals surface area contributed by atoms with Gasteiger partial charge in [-0.2, -0.15) is 0 Å². The lowest BCUT2D eigenvalue weighted by Crippen LogP contribution is -2.44. The smallest absolute Gasteiger partial charge is 0.343 e. The summed E-state index contributed by atoms with van der Waals surface area (Å²) < 4.78 is 11.9. The molecule has 2 aromatic heterocycles. The van der Waals surface area contributed by atoms with Crippen molar-refractivity contribution >= 4 is 16.9 Å². The van der Waals surface area contributed by atoms with Crippen LogP contribution in [-0.2, 0) is 34.9 Å². The summed E-state index contributed by atoms with van der Waals surface area (Å²) in [7, 11) is 1.57. The Hall–Kier alpha value is -3.23. The highest BCUT2D eigenvalue weighted by atomic mass is 16.6. The number of esters is 1.